The summed E-state index contributed by atoms with van der Waals surface area (Å²) in [7, 11) is 1.58. The maximum Gasteiger partial charge on any atom is 0.169 e. The molecule has 76 valence electrons. The van der Waals surface area contributed by atoms with E-state index in [2.05, 4.69) is 0 Å². The number of hydrogen-bond acceptors (Lipinski definition) is 4. The van der Waals surface area contributed by atoms with Gasteiger partial charge in [-0.3, -0.25) is 0 Å². The fourth-order valence-electron chi connectivity index (χ4n) is 1.68. The fourth-order valence-corrected chi connectivity index (χ4v) is 1.68. The van der Waals surface area contributed by atoms with Crippen LogP contribution in [0.4, 0.5) is 0 Å². The highest BCUT2D eigenvalue weighted by molar-refractivity contribution is 5.55. The largest absolute Gasteiger partial charge is 0.504 e. The number of aromatic hydroxyl groups is 1. The Morgan fingerprint density at radius 1 is 1.57 bits per heavy atom. The number of phenols is 1. The lowest BCUT2D eigenvalue weighted by molar-refractivity contribution is 0.249. The number of phenolic OH excluding ortho intramolecular Hbond substituents is 1. The summed E-state index contributed by atoms with van der Waals surface area (Å²) in [5.41, 5.74) is 6.68. The molecule has 4 heteroatoms. The van der Waals surface area contributed by atoms with Crippen LogP contribution in [0.25, 0.3) is 0 Å². The highest BCUT2D eigenvalue weighted by atomic mass is 16.5. The summed E-state index contributed by atoms with van der Waals surface area (Å²) < 4.78 is 10.5. The predicted octanol–water partition coefficient (Wildman–Crippen LogP) is 1.18. The maximum absolute atomic E-state index is 9.56. The third-order valence-corrected chi connectivity index (χ3v) is 2.40. The lowest BCUT2D eigenvalue weighted by Gasteiger charge is -2.25. The van der Waals surface area contributed by atoms with Gasteiger partial charge in [-0.15, -0.1) is 0 Å². The van der Waals surface area contributed by atoms with Crippen LogP contribution < -0.4 is 15.2 Å². The molecule has 0 radical (unpaired) electrons. The average Bonchev–Trinajstić information content (AvgIpc) is 2.20. The van der Waals surface area contributed by atoms with Crippen LogP contribution in [0.15, 0.2) is 12.1 Å². The molecule has 1 heterocycles. The number of benzene rings is 1. The molecule has 0 spiro atoms. The fraction of sp³-hybridized carbons (Fsp3) is 0.400. The van der Waals surface area contributed by atoms with Crippen LogP contribution in [0.5, 0.6) is 17.2 Å². The molecular formula is C10H13NO3. The zero-order valence-electron chi connectivity index (χ0n) is 7.99. The van der Waals surface area contributed by atoms with Crippen molar-refractivity contribution in [3.63, 3.8) is 0 Å². The van der Waals surface area contributed by atoms with E-state index in [1.165, 1.54) is 0 Å². The van der Waals surface area contributed by atoms with Crippen LogP contribution in [0.3, 0.4) is 0 Å². The Bertz CT molecular complexity index is 351. The third kappa shape index (κ3) is 1.28. The highest BCUT2D eigenvalue weighted by Gasteiger charge is 2.24. The molecular weight excluding hydrogens is 182 g/mol. The minimum absolute atomic E-state index is 0.121. The zero-order valence-corrected chi connectivity index (χ0v) is 7.99. The summed E-state index contributed by atoms with van der Waals surface area (Å²) >= 11 is 0. The molecule has 0 amide bonds. The Labute approximate surface area is 82.2 Å². The summed E-state index contributed by atoms with van der Waals surface area (Å²) in [5, 5.41) is 9.56. The van der Waals surface area contributed by atoms with Crippen molar-refractivity contribution in [1.82, 2.24) is 0 Å². The summed E-state index contributed by atoms with van der Waals surface area (Å²) in [6.45, 7) is 0.537. The Morgan fingerprint density at radius 2 is 2.36 bits per heavy atom. The standard InChI is InChI=1S/C10H13NO3/c1-13-8-3-2-7(12)10-9(8)6(11)4-5-14-10/h2-3,6,12H,4-5,11H2,1H3. The van der Waals surface area contributed by atoms with Gasteiger partial charge in [0.15, 0.2) is 11.5 Å². The summed E-state index contributed by atoms with van der Waals surface area (Å²) in [6.07, 6.45) is 0.743. The van der Waals surface area contributed by atoms with E-state index >= 15 is 0 Å². The van der Waals surface area contributed by atoms with Crippen LogP contribution in [0, 0.1) is 0 Å². The second-order valence-electron chi connectivity index (χ2n) is 3.27. The van der Waals surface area contributed by atoms with E-state index in [0.717, 1.165) is 12.0 Å². The van der Waals surface area contributed by atoms with Gasteiger partial charge in [0, 0.05) is 12.5 Å². The molecule has 0 fully saturated rings. The topological polar surface area (TPSA) is 64.7 Å². The molecule has 14 heavy (non-hydrogen) atoms. The summed E-state index contributed by atoms with van der Waals surface area (Å²) in [4.78, 5) is 0. The van der Waals surface area contributed by atoms with Crippen LogP contribution in [-0.2, 0) is 0 Å². The molecule has 0 aliphatic carbocycles. The van der Waals surface area contributed by atoms with Crippen molar-refractivity contribution < 1.29 is 14.6 Å². The Kier molecular flexibility index (Phi) is 2.21. The second-order valence-corrected chi connectivity index (χ2v) is 3.27. The first kappa shape index (κ1) is 9.15. The normalized spacial score (nSPS) is 19.7. The van der Waals surface area contributed by atoms with Crippen molar-refractivity contribution in [1.29, 1.82) is 0 Å². The van der Waals surface area contributed by atoms with E-state index in [4.69, 9.17) is 15.2 Å². The van der Waals surface area contributed by atoms with Gasteiger partial charge in [-0.1, -0.05) is 0 Å². The Hall–Kier alpha value is -1.42. The Morgan fingerprint density at radius 3 is 3.07 bits per heavy atom. The molecule has 0 bridgehead atoms. The lowest BCUT2D eigenvalue weighted by Crippen LogP contribution is -2.21. The van der Waals surface area contributed by atoms with E-state index < -0.39 is 0 Å². The molecule has 1 unspecified atom stereocenters. The van der Waals surface area contributed by atoms with E-state index in [1.807, 2.05) is 0 Å². The third-order valence-electron chi connectivity index (χ3n) is 2.40. The number of hydrogen-bond donors (Lipinski definition) is 2. The molecule has 1 aromatic rings. The number of methoxy groups -OCH3 is 1. The van der Waals surface area contributed by atoms with Crippen molar-refractivity contribution in [3.8, 4) is 17.2 Å². The van der Waals surface area contributed by atoms with Gasteiger partial charge in [0.1, 0.15) is 5.75 Å². The first-order chi connectivity index (χ1) is 6.74. The van der Waals surface area contributed by atoms with E-state index in [0.29, 0.717) is 18.1 Å². The molecule has 1 aliphatic heterocycles. The molecule has 0 saturated carbocycles. The van der Waals surface area contributed by atoms with Crippen LogP contribution in [0.1, 0.15) is 18.0 Å². The van der Waals surface area contributed by atoms with Crippen molar-refractivity contribution in [2.45, 2.75) is 12.5 Å². The van der Waals surface area contributed by atoms with Gasteiger partial charge in [-0.05, 0) is 12.1 Å². The lowest BCUT2D eigenvalue weighted by atomic mass is 10.00. The maximum atomic E-state index is 9.56. The van der Waals surface area contributed by atoms with Gasteiger partial charge in [0.25, 0.3) is 0 Å². The molecule has 3 N–H and O–H groups in total. The van der Waals surface area contributed by atoms with Crippen LogP contribution in [-0.4, -0.2) is 18.8 Å². The van der Waals surface area contributed by atoms with E-state index in [9.17, 15) is 5.11 Å². The monoisotopic (exact) mass is 195 g/mol. The summed E-state index contributed by atoms with van der Waals surface area (Å²) in [6, 6.07) is 3.12. The minimum atomic E-state index is -0.124. The number of rotatable bonds is 1. The molecule has 1 aromatic carbocycles. The number of nitrogens with two attached hydrogens (primary N) is 1. The number of fused-ring (bicyclic) bond motifs is 1. The van der Waals surface area contributed by atoms with Crippen LogP contribution in [0.2, 0.25) is 0 Å². The van der Waals surface area contributed by atoms with Gasteiger partial charge in [-0.25, -0.2) is 0 Å². The molecule has 2 rings (SSSR count). The molecule has 4 nitrogen and oxygen atoms in total. The van der Waals surface area contributed by atoms with Crippen LogP contribution >= 0.6 is 0 Å². The molecule has 0 aromatic heterocycles. The van der Waals surface area contributed by atoms with Gasteiger partial charge >= 0.3 is 0 Å². The van der Waals surface area contributed by atoms with Crippen molar-refractivity contribution in [2.24, 2.45) is 5.73 Å². The minimum Gasteiger partial charge on any atom is -0.504 e. The van der Waals surface area contributed by atoms with Crippen molar-refractivity contribution in [3.05, 3.63) is 17.7 Å². The predicted molar refractivity (Wildman–Crippen MR) is 51.7 cm³/mol. The highest BCUT2D eigenvalue weighted by Crippen LogP contribution is 2.43. The molecule has 1 aliphatic rings. The first-order valence-electron chi connectivity index (χ1n) is 4.52. The quantitative estimate of drug-likeness (QED) is 0.706. The SMILES string of the molecule is COc1ccc(O)c2c1C(N)CCO2. The average molecular weight is 195 g/mol. The summed E-state index contributed by atoms with van der Waals surface area (Å²) in [5.74, 6) is 1.25. The second kappa shape index (κ2) is 3.38. The van der Waals surface area contributed by atoms with Gasteiger partial charge < -0.3 is 20.3 Å². The molecule has 1 atom stereocenters. The first-order valence-corrected chi connectivity index (χ1v) is 4.52. The van der Waals surface area contributed by atoms with Crippen molar-refractivity contribution in [2.75, 3.05) is 13.7 Å². The zero-order chi connectivity index (χ0) is 10.1. The number of ether oxygens (including phenoxy) is 2. The van der Waals surface area contributed by atoms with Gasteiger partial charge in [-0.2, -0.15) is 0 Å². The van der Waals surface area contributed by atoms with Crippen molar-refractivity contribution >= 4 is 0 Å². The van der Waals surface area contributed by atoms with E-state index in [1.54, 1.807) is 19.2 Å². The van der Waals surface area contributed by atoms with Gasteiger partial charge in [0.05, 0.1) is 19.3 Å². The van der Waals surface area contributed by atoms with E-state index in [-0.39, 0.29) is 11.8 Å². The smallest absolute Gasteiger partial charge is 0.169 e. The molecule has 0 saturated heterocycles. The van der Waals surface area contributed by atoms with Gasteiger partial charge in [0.2, 0.25) is 0 Å². The Balaban J connectivity index is 2.58.